The zero-order valence-corrected chi connectivity index (χ0v) is 22.7. The Bertz CT molecular complexity index is 1570. The maximum Gasteiger partial charge on any atom is 0.335 e. The lowest BCUT2D eigenvalue weighted by molar-refractivity contribution is -0.0642. The molecule has 6 rings (SSSR count). The highest BCUT2D eigenvalue weighted by Crippen LogP contribution is 2.53. The van der Waals surface area contributed by atoms with E-state index in [1.165, 1.54) is 6.07 Å². The molecule has 2 N–H and O–H groups in total. The molecule has 0 bridgehead atoms. The number of aromatic carboxylic acids is 1. The third kappa shape index (κ3) is 4.82. The first-order chi connectivity index (χ1) is 18.6. The number of alkyl halides is 1. The van der Waals surface area contributed by atoms with Crippen LogP contribution in [0.1, 0.15) is 65.2 Å². The maximum atomic E-state index is 15.1. The van der Waals surface area contributed by atoms with Gasteiger partial charge >= 0.3 is 5.97 Å². The normalized spacial score (nSPS) is 22.3. The number of thiazole rings is 1. The lowest BCUT2D eigenvalue weighted by Gasteiger charge is -2.34. The zero-order valence-electron chi connectivity index (χ0n) is 20.3. The van der Waals surface area contributed by atoms with Crippen molar-refractivity contribution in [2.75, 3.05) is 0 Å². The number of carboxylic acid groups (broad SMARTS) is 1. The Balaban J connectivity index is 1.19. The first kappa shape index (κ1) is 26.6. The number of aromatic nitrogens is 2. The second-order valence-electron chi connectivity index (χ2n) is 10.1. The summed E-state index contributed by atoms with van der Waals surface area (Å²) in [6.07, 6.45) is 1.96. The van der Waals surface area contributed by atoms with Gasteiger partial charge in [0.2, 0.25) is 0 Å². The van der Waals surface area contributed by atoms with Crippen molar-refractivity contribution in [2.24, 2.45) is 0 Å². The highest BCUT2D eigenvalue weighted by atomic mass is 35.5. The second kappa shape index (κ2) is 9.78. The summed E-state index contributed by atoms with van der Waals surface area (Å²) in [5.74, 6) is -1.86. The number of aliphatic hydroxyl groups is 1. The molecule has 0 unspecified atom stereocenters. The minimum absolute atomic E-state index is 0.0226. The van der Waals surface area contributed by atoms with Gasteiger partial charge in [-0.15, -0.1) is 11.3 Å². The highest BCUT2D eigenvalue weighted by Gasteiger charge is 2.51. The van der Waals surface area contributed by atoms with E-state index in [1.807, 2.05) is 0 Å². The molecule has 0 spiro atoms. The van der Waals surface area contributed by atoms with Gasteiger partial charge in [-0.3, -0.25) is 0 Å². The molecule has 204 valence electrons. The van der Waals surface area contributed by atoms with Crippen LogP contribution in [0.5, 0.6) is 0 Å². The zero-order chi connectivity index (χ0) is 27.5. The van der Waals surface area contributed by atoms with Gasteiger partial charge in [-0.2, -0.15) is 0 Å². The van der Waals surface area contributed by atoms with Crippen molar-refractivity contribution in [1.29, 1.82) is 0 Å². The predicted molar refractivity (Wildman–Crippen MR) is 141 cm³/mol. The summed E-state index contributed by atoms with van der Waals surface area (Å²) in [7, 11) is 0. The van der Waals surface area contributed by atoms with Crippen LogP contribution in [0, 0.1) is 5.82 Å². The molecule has 2 fully saturated rings. The Kier molecular flexibility index (Phi) is 6.67. The van der Waals surface area contributed by atoms with Crippen LogP contribution in [0.4, 0.5) is 8.78 Å². The molecule has 2 saturated carbocycles. The molecule has 2 heterocycles. The van der Waals surface area contributed by atoms with Gasteiger partial charge in [-0.05, 0) is 62.8 Å². The summed E-state index contributed by atoms with van der Waals surface area (Å²) < 4.78 is 41.5. The molecule has 4 aromatic rings. The number of carboxylic acids is 1. The van der Waals surface area contributed by atoms with Crippen LogP contribution in [0.15, 0.2) is 34.9 Å². The molecule has 2 aliphatic rings. The fourth-order valence-corrected chi connectivity index (χ4v) is 6.76. The molecule has 2 aromatic heterocycles. The smallest absolute Gasteiger partial charge is 0.335 e. The first-order valence-corrected chi connectivity index (χ1v) is 14.0. The van der Waals surface area contributed by atoms with E-state index < -0.39 is 23.1 Å². The van der Waals surface area contributed by atoms with Crippen LogP contribution in [0.2, 0.25) is 10.0 Å². The van der Waals surface area contributed by atoms with Gasteiger partial charge in [0.1, 0.15) is 21.8 Å². The third-order valence-electron chi connectivity index (χ3n) is 7.40. The number of carbonyl (C=O) groups is 1. The summed E-state index contributed by atoms with van der Waals surface area (Å²) in [6.45, 7) is 0.0226. The van der Waals surface area contributed by atoms with E-state index >= 15 is 4.39 Å². The maximum absolute atomic E-state index is 15.1. The van der Waals surface area contributed by atoms with Crippen molar-refractivity contribution >= 4 is 50.7 Å². The Morgan fingerprint density at radius 1 is 1.18 bits per heavy atom. The fourth-order valence-electron chi connectivity index (χ4n) is 5.01. The van der Waals surface area contributed by atoms with Crippen LogP contribution in [0.25, 0.3) is 21.5 Å². The molecule has 0 amide bonds. The molecule has 0 saturated heterocycles. The van der Waals surface area contributed by atoms with Crippen LogP contribution in [-0.4, -0.2) is 32.4 Å². The van der Waals surface area contributed by atoms with Crippen molar-refractivity contribution in [3.8, 4) is 11.3 Å². The number of hydrogen-bond acceptors (Lipinski definition) is 7. The van der Waals surface area contributed by atoms with Gasteiger partial charge in [-0.1, -0.05) is 34.4 Å². The average Bonchev–Trinajstić information content (AvgIpc) is 3.29. The number of halogens is 4. The summed E-state index contributed by atoms with van der Waals surface area (Å²) >= 11 is 13.9. The second-order valence-corrected chi connectivity index (χ2v) is 11.9. The van der Waals surface area contributed by atoms with E-state index in [0.717, 1.165) is 17.4 Å². The number of nitrogens with zero attached hydrogens (tertiary/aromatic N) is 2. The van der Waals surface area contributed by atoms with E-state index in [-0.39, 0.29) is 29.6 Å². The minimum Gasteiger partial charge on any atom is -0.478 e. The quantitative estimate of drug-likeness (QED) is 0.229. The van der Waals surface area contributed by atoms with Crippen molar-refractivity contribution in [1.82, 2.24) is 10.1 Å². The lowest BCUT2D eigenvalue weighted by Crippen LogP contribution is -2.34. The van der Waals surface area contributed by atoms with Gasteiger partial charge in [-0.25, -0.2) is 18.6 Å². The van der Waals surface area contributed by atoms with Crippen molar-refractivity contribution in [2.45, 2.75) is 62.5 Å². The standard InChI is InChI=1S/C27H22Cl2F2N2O5S/c28-16-2-1-3-17(29)20(16)21-15(23(38-33-21)26(31)8-9-26)12-37-14-4-6-27(36,7-5-14)25-32-22-18(30)10-13(24(34)35)11-19(22)39-25/h1-3,10-11,14,36H,4-9,12H2,(H,34,35). The van der Waals surface area contributed by atoms with E-state index in [2.05, 4.69) is 10.1 Å². The Morgan fingerprint density at radius 3 is 2.51 bits per heavy atom. The molecular formula is C27H22Cl2F2N2O5S. The lowest BCUT2D eigenvalue weighted by atomic mass is 9.83. The van der Waals surface area contributed by atoms with Crippen molar-refractivity contribution in [3.63, 3.8) is 0 Å². The van der Waals surface area contributed by atoms with Gasteiger partial charge < -0.3 is 19.5 Å². The molecule has 7 nitrogen and oxygen atoms in total. The predicted octanol–water partition coefficient (Wildman–Crippen LogP) is 7.40. The van der Waals surface area contributed by atoms with Crippen molar-refractivity contribution < 1.29 is 33.0 Å². The fraction of sp³-hybridized carbons (Fsp3) is 0.370. The summed E-state index contributed by atoms with van der Waals surface area (Å²) in [6, 6.07) is 7.33. The number of rotatable bonds is 7. The topological polar surface area (TPSA) is 106 Å². The monoisotopic (exact) mass is 594 g/mol. The first-order valence-electron chi connectivity index (χ1n) is 12.4. The van der Waals surface area contributed by atoms with Crippen LogP contribution in [0.3, 0.4) is 0 Å². The number of benzene rings is 2. The largest absolute Gasteiger partial charge is 0.478 e. The van der Waals surface area contributed by atoms with E-state index in [1.54, 1.807) is 18.2 Å². The Morgan fingerprint density at radius 2 is 1.87 bits per heavy atom. The minimum atomic E-state index is -1.59. The van der Waals surface area contributed by atoms with E-state index in [9.17, 15) is 19.4 Å². The van der Waals surface area contributed by atoms with Gasteiger partial charge in [0.15, 0.2) is 17.2 Å². The number of hydrogen-bond donors (Lipinski definition) is 2. The summed E-state index contributed by atoms with van der Waals surface area (Å²) in [5, 5.41) is 25.7. The van der Waals surface area contributed by atoms with Crippen LogP contribution >= 0.6 is 34.5 Å². The molecule has 2 aliphatic carbocycles. The van der Waals surface area contributed by atoms with Gasteiger partial charge in [0.25, 0.3) is 0 Å². The van der Waals surface area contributed by atoms with E-state index in [0.29, 0.717) is 75.1 Å². The number of ether oxygens (including phenoxy) is 1. The van der Waals surface area contributed by atoms with Gasteiger partial charge in [0, 0.05) is 5.56 Å². The molecule has 0 radical (unpaired) electrons. The Labute approximate surface area is 235 Å². The van der Waals surface area contributed by atoms with Crippen LogP contribution < -0.4 is 0 Å². The molecule has 12 heteroatoms. The summed E-state index contributed by atoms with van der Waals surface area (Å²) in [5.41, 5.74) is -1.77. The van der Waals surface area contributed by atoms with Gasteiger partial charge in [0.05, 0.1) is 38.6 Å². The average molecular weight is 595 g/mol. The molecule has 2 aromatic carbocycles. The Hall–Kier alpha value is -2.63. The van der Waals surface area contributed by atoms with E-state index in [4.69, 9.17) is 32.5 Å². The number of fused-ring (bicyclic) bond motifs is 1. The molecular weight excluding hydrogens is 573 g/mol. The van der Waals surface area contributed by atoms with Crippen LogP contribution in [-0.2, 0) is 22.6 Å². The highest BCUT2D eigenvalue weighted by molar-refractivity contribution is 7.18. The molecule has 39 heavy (non-hydrogen) atoms. The third-order valence-corrected chi connectivity index (χ3v) is 9.23. The van der Waals surface area contributed by atoms with Crippen molar-refractivity contribution in [3.05, 3.63) is 68.1 Å². The SMILES string of the molecule is O=C(O)c1cc(F)c2nc(C3(O)CCC(OCc4c(-c5c(Cl)cccc5Cl)noc4C4(F)CC4)CC3)sc2c1. The molecule has 0 aliphatic heterocycles. The summed E-state index contributed by atoms with van der Waals surface area (Å²) in [4.78, 5) is 15.6. The molecule has 0 atom stereocenters.